The Hall–Kier alpha value is -3.74. The predicted molar refractivity (Wildman–Crippen MR) is 136 cm³/mol. The number of hydrogen-bond donors (Lipinski definition) is 1. The molecule has 0 spiro atoms. The lowest BCUT2D eigenvalue weighted by molar-refractivity contribution is -0.126. The molecular weight excluding hydrogens is 441 g/mol. The zero-order valence-corrected chi connectivity index (χ0v) is 20.3. The van der Waals surface area contributed by atoms with E-state index in [1.807, 2.05) is 17.6 Å². The van der Waals surface area contributed by atoms with Gasteiger partial charge < -0.3 is 10.2 Å². The molecule has 2 aromatic heterocycles. The number of aryl methyl sites for hydroxylation is 2. The largest absolute Gasteiger partial charge is 0.355 e. The number of halogens is 1. The van der Waals surface area contributed by atoms with Crippen molar-refractivity contribution in [2.75, 3.05) is 18.0 Å². The highest BCUT2D eigenvalue weighted by Gasteiger charge is 2.27. The maximum Gasteiger partial charge on any atom is 0.223 e. The van der Waals surface area contributed by atoms with Crippen LogP contribution in [0.3, 0.4) is 0 Å². The van der Waals surface area contributed by atoms with E-state index >= 15 is 0 Å². The van der Waals surface area contributed by atoms with Gasteiger partial charge in [0.2, 0.25) is 5.91 Å². The summed E-state index contributed by atoms with van der Waals surface area (Å²) in [7, 11) is 0. The van der Waals surface area contributed by atoms with Crippen LogP contribution < -0.4 is 10.2 Å². The summed E-state index contributed by atoms with van der Waals surface area (Å²) in [5.41, 5.74) is 6.38. The summed E-state index contributed by atoms with van der Waals surface area (Å²) in [6, 6.07) is 14.6. The summed E-state index contributed by atoms with van der Waals surface area (Å²) in [6.45, 7) is 7.65. The summed E-state index contributed by atoms with van der Waals surface area (Å²) >= 11 is 0. The van der Waals surface area contributed by atoms with E-state index in [1.54, 1.807) is 18.3 Å². The number of benzene rings is 2. The van der Waals surface area contributed by atoms with Crippen LogP contribution in [-0.2, 0) is 4.79 Å². The van der Waals surface area contributed by atoms with Gasteiger partial charge >= 0.3 is 0 Å². The van der Waals surface area contributed by atoms with E-state index < -0.39 is 0 Å². The molecule has 1 unspecified atom stereocenters. The van der Waals surface area contributed by atoms with Gasteiger partial charge in [-0.3, -0.25) is 4.79 Å². The van der Waals surface area contributed by atoms with Gasteiger partial charge in [0.25, 0.3) is 0 Å². The molecule has 0 aliphatic carbocycles. The van der Waals surface area contributed by atoms with Gasteiger partial charge in [0.1, 0.15) is 11.3 Å². The van der Waals surface area contributed by atoms with Crippen molar-refractivity contribution in [3.05, 3.63) is 83.4 Å². The second-order valence-electron chi connectivity index (χ2n) is 9.45. The number of aromatic nitrogens is 3. The van der Waals surface area contributed by atoms with Gasteiger partial charge in [-0.15, -0.1) is 0 Å². The van der Waals surface area contributed by atoms with Crippen LogP contribution in [0.5, 0.6) is 0 Å². The van der Waals surface area contributed by atoms with Gasteiger partial charge in [-0.1, -0.05) is 24.3 Å². The quantitative estimate of drug-likeness (QED) is 0.432. The second-order valence-corrected chi connectivity index (χ2v) is 9.45. The van der Waals surface area contributed by atoms with Crippen molar-refractivity contribution < 1.29 is 9.18 Å². The highest BCUT2D eigenvalue weighted by Crippen LogP contribution is 2.29. The molecule has 180 valence electrons. The lowest BCUT2D eigenvalue weighted by atomic mass is 9.95. The van der Waals surface area contributed by atoms with Gasteiger partial charge in [0.15, 0.2) is 5.82 Å². The zero-order chi connectivity index (χ0) is 24.5. The Morgan fingerprint density at radius 2 is 1.80 bits per heavy atom. The van der Waals surface area contributed by atoms with Crippen molar-refractivity contribution in [3.63, 3.8) is 0 Å². The van der Waals surface area contributed by atoms with Gasteiger partial charge in [-0.05, 0) is 74.6 Å². The number of nitrogens with zero attached hydrogens (tertiary/aromatic N) is 4. The first-order valence-corrected chi connectivity index (χ1v) is 12.1. The van der Waals surface area contributed by atoms with Crippen LogP contribution in [0.2, 0.25) is 0 Å². The molecule has 1 aliphatic heterocycles. The van der Waals surface area contributed by atoms with Crippen LogP contribution in [0.1, 0.15) is 42.5 Å². The maximum absolute atomic E-state index is 13.2. The van der Waals surface area contributed by atoms with Crippen molar-refractivity contribution in [2.45, 2.75) is 39.7 Å². The first kappa shape index (κ1) is 23.0. The Morgan fingerprint density at radius 3 is 2.51 bits per heavy atom. The Labute approximate surface area is 204 Å². The van der Waals surface area contributed by atoms with Crippen molar-refractivity contribution in [1.82, 2.24) is 19.9 Å². The van der Waals surface area contributed by atoms with Crippen LogP contribution >= 0.6 is 0 Å². The maximum atomic E-state index is 13.2. The molecule has 0 saturated carbocycles. The molecule has 35 heavy (non-hydrogen) atoms. The molecule has 6 nitrogen and oxygen atoms in total. The number of rotatable bonds is 5. The summed E-state index contributed by atoms with van der Waals surface area (Å²) in [4.78, 5) is 19.8. The fourth-order valence-electron chi connectivity index (χ4n) is 4.71. The minimum atomic E-state index is -0.275. The summed E-state index contributed by atoms with van der Waals surface area (Å²) in [6.07, 6.45) is 5.16. The van der Waals surface area contributed by atoms with E-state index in [4.69, 9.17) is 5.10 Å². The van der Waals surface area contributed by atoms with E-state index in [0.717, 1.165) is 54.1 Å². The number of anilines is 1. The predicted octanol–water partition coefficient (Wildman–Crippen LogP) is 5.25. The molecular formula is C28H30FN5O. The van der Waals surface area contributed by atoms with E-state index in [9.17, 15) is 9.18 Å². The van der Waals surface area contributed by atoms with Crippen LogP contribution in [-0.4, -0.2) is 33.6 Å². The van der Waals surface area contributed by atoms with Gasteiger partial charge in [-0.25, -0.2) is 13.9 Å². The molecule has 2 aromatic carbocycles. The van der Waals surface area contributed by atoms with Crippen molar-refractivity contribution in [1.29, 1.82) is 0 Å². The fraction of sp³-hybridized carbons (Fsp3) is 0.321. The number of piperidine rings is 1. The van der Waals surface area contributed by atoms with Crippen molar-refractivity contribution in [3.8, 4) is 11.3 Å². The highest BCUT2D eigenvalue weighted by atomic mass is 19.1. The Kier molecular flexibility index (Phi) is 6.24. The molecule has 0 radical (unpaired) electrons. The number of carbonyl (C=O) groups excluding carboxylic acids is 1. The van der Waals surface area contributed by atoms with Gasteiger partial charge in [0, 0.05) is 37.0 Å². The van der Waals surface area contributed by atoms with E-state index in [-0.39, 0.29) is 23.7 Å². The second kappa shape index (κ2) is 9.49. The SMILES string of the molecule is Cc1ccc(-c2cc3c(N4CCC(C(=O)NC(C)c5ccc(F)cc5)CC4)nccn3n2)cc1C. The Balaban J connectivity index is 1.27. The molecule has 1 atom stereocenters. The molecule has 7 heteroatoms. The van der Waals surface area contributed by atoms with Crippen LogP contribution in [0.4, 0.5) is 10.2 Å². The monoisotopic (exact) mass is 471 g/mol. The fourth-order valence-corrected chi connectivity index (χ4v) is 4.71. The van der Waals surface area contributed by atoms with Crippen molar-refractivity contribution >= 4 is 17.2 Å². The summed E-state index contributed by atoms with van der Waals surface area (Å²) < 4.78 is 15.1. The number of fused-ring (bicyclic) bond motifs is 1. The number of carbonyl (C=O) groups is 1. The third-order valence-corrected chi connectivity index (χ3v) is 7.07. The van der Waals surface area contributed by atoms with Gasteiger partial charge in [0.05, 0.1) is 11.7 Å². The van der Waals surface area contributed by atoms with Gasteiger partial charge in [-0.2, -0.15) is 5.10 Å². The highest BCUT2D eigenvalue weighted by molar-refractivity contribution is 5.80. The summed E-state index contributed by atoms with van der Waals surface area (Å²) in [5.74, 6) is 0.620. The molecule has 5 rings (SSSR count). The van der Waals surface area contributed by atoms with E-state index in [0.29, 0.717) is 0 Å². The van der Waals surface area contributed by atoms with Crippen LogP contribution in [0, 0.1) is 25.6 Å². The average molecular weight is 472 g/mol. The standard InChI is InChI=1S/C28H30FN5O/c1-18-4-5-23(16-19(18)2)25-17-26-27(30-12-15-34(26)32-25)33-13-10-22(11-14-33)28(35)31-20(3)21-6-8-24(29)9-7-21/h4-9,12,15-17,20,22H,10-11,13-14H2,1-3H3,(H,31,35). The number of hydrogen-bond acceptors (Lipinski definition) is 4. The van der Waals surface area contributed by atoms with Crippen molar-refractivity contribution in [2.24, 2.45) is 5.92 Å². The molecule has 1 saturated heterocycles. The van der Waals surface area contributed by atoms with Crippen LogP contribution in [0.15, 0.2) is 60.9 Å². The topological polar surface area (TPSA) is 62.5 Å². The molecule has 4 aromatic rings. The third-order valence-electron chi connectivity index (χ3n) is 7.07. The Morgan fingerprint density at radius 1 is 1.06 bits per heavy atom. The molecule has 1 fully saturated rings. The minimum absolute atomic E-state index is 0.0500. The summed E-state index contributed by atoms with van der Waals surface area (Å²) in [5, 5.41) is 7.87. The third kappa shape index (κ3) is 4.76. The van der Waals surface area contributed by atoms with E-state index in [1.165, 1.54) is 23.3 Å². The normalized spacial score (nSPS) is 15.4. The lowest BCUT2D eigenvalue weighted by Gasteiger charge is -2.32. The molecule has 1 amide bonds. The minimum Gasteiger partial charge on any atom is -0.355 e. The molecule has 0 bridgehead atoms. The first-order valence-electron chi connectivity index (χ1n) is 12.1. The average Bonchev–Trinajstić information content (AvgIpc) is 3.31. The zero-order valence-electron chi connectivity index (χ0n) is 20.3. The first-order chi connectivity index (χ1) is 16.9. The Bertz CT molecular complexity index is 1360. The number of nitrogens with one attached hydrogen (secondary N) is 1. The molecule has 1 N–H and O–H groups in total. The molecule has 3 heterocycles. The van der Waals surface area contributed by atoms with Crippen LogP contribution in [0.25, 0.3) is 16.8 Å². The lowest BCUT2D eigenvalue weighted by Crippen LogP contribution is -2.41. The van der Waals surface area contributed by atoms with E-state index in [2.05, 4.69) is 53.3 Å². The molecule has 1 aliphatic rings. The number of amides is 1. The smallest absolute Gasteiger partial charge is 0.223 e.